The molecule has 0 radical (unpaired) electrons. The molecule has 2 aliphatic rings. The van der Waals surface area contributed by atoms with Gasteiger partial charge in [-0.25, -0.2) is 4.79 Å². The summed E-state index contributed by atoms with van der Waals surface area (Å²) >= 11 is 0. The Morgan fingerprint density at radius 1 is 0.796 bits per heavy atom. The van der Waals surface area contributed by atoms with Crippen LogP contribution in [0.15, 0.2) is 66.9 Å². The predicted octanol–water partition coefficient (Wildman–Crippen LogP) is 6.97. The summed E-state index contributed by atoms with van der Waals surface area (Å²) in [6.07, 6.45) is -7.75. The summed E-state index contributed by atoms with van der Waals surface area (Å²) in [7, 11) is 0. The predicted molar refractivity (Wildman–Crippen MR) is 173 cm³/mol. The molecule has 0 spiro atoms. The number of carbonyl (C=O) groups excluding carboxylic acids is 1. The first-order valence-electron chi connectivity index (χ1n) is 16.3. The minimum atomic E-state index is -5.10. The molecule has 1 atom stereocenters. The lowest BCUT2D eigenvalue weighted by molar-refractivity contribution is -0.236. The SMILES string of the molecule is O=C(O)[C@H](Cc1cccc2c(-c3nccc4c(CN5CCCC5)cccc34)cccc12)NC(=O)C1(C(F)(F)F)CCN(CC(F)(F)F)CC1. The van der Waals surface area contributed by atoms with Crippen molar-refractivity contribution in [3.05, 3.63) is 78.0 Å². The normalized spacial score (nSPS) is 18.2. The highest BCUT2D eigenvalue weighted by atomic mass is 19.4. The van der Waals surface area contributed by atoms with E-state index in [4.69, 9.17) is 4.98 Å². The van der Waals surface area contributed by atoms with Crippen LogP contribution in [0, 0.1) is 5.41 Å². The number of hydrogen-bond donors (Lipinski definition) is 2. The summed E-state index contributed by atoms with van der Waals surface area (Å²) in [6.45, 7) is 0.310. The number of carbonyl (C=O) groups is 2. The van der Waals surface area contributed by atoms with E-state index >= 15 is 0 Å². The standard InChI is InChI=1S/C36H36F6N4O3/c37-35(38,39)22-46-18-13-34(14-19-46,36(40,41)42)33(49)44-30(32(47)48)20-23-6-3-9-27-25(23)8-5-11-29(27)31-28-10-4-7-24(26(28)12-15-43-31)21-45-16-1-2-17-45/h3-12,15,30H,1-2,13-14,16-22H2,(H,44,49)(H,47,48)/t30-/m0/s1. The fourth-order valence-corrected chi connectivity index (χ4v) is 7.27. The Balaban J connectivity index is 1.28. The molecule has 0 aliphatic carbocycles. The van der Waals surface area contributed by atoms with E-state index in [9.17, 15) is 41.0 Å². The topological polar surface area (TPSA) is 85.8 Å². The first kappa shape index (κ1) is 34.6. The van der Waals surface area contributed by atoms with E-state index < -0.39 is 68.2 Å². The fraction of sp³-hybridized carbons (Fsp3) is 0.417. The third-order valence-corrected chi connectivity index (χ3v) is 9.87. The van der Waals surface area contributed by atoms with Crippen LogP contribution in [0.1, 0.15) is 36.8 Å². The van der Waals surface area contributed by atoms with Crippen molar-refractivity contribution < 1.29 is 41.0 Å². The number of alkyl halides is 6. The largest absolute Gasteiger partial charge is 0.480 e. The molecule has 2 N–H and O–H groups in total. The van der Waals surface area contributed by atoms with Crippen LogP contribution in [0.25, 0.3) is 32.8 Å². The van der Waals surface area contributed by atoms with Crippen molar-refractivity contribution in [3.63, 3.8) is 0 Å². The number of piperidine rings is 1. The number of likely N-dealkylation sites (tertiary alicyclic amines) is 2. The Kier molecular flexibility index (Phi) is 9.60. The molecule has 1 aromatic heterocycles. The summed E-state index contributed by atoms with van der Waals surface area (Å²) in [5.41, 5.74) is 0.189. The minimum absolute atomic E-state index is 0.320. The highest BCUT2D eigenvalue weighted by molar-refractivity contribution is 6.05. The van der Waals surface area contributed by atoms with Gasteiger partial charge in [-0.05, 0) is 85.2 Å². The molecule has 0 bridgehead atoms. The second-order valence-electron chi connectivity index (χ2n) is 13.0. The van der Waals surface area contributed by atoms with Crippen LogP contribution < -0.4 is 5.32 Å². The van der Waals surface area contributed by atoms with Crippen molar-refractivity contribution in [3.8, 4) is 11.3 Å². The van der Waals surface area contributed by atoms with Crippen LogP contribution in [0.2, 0.25) is 0 Å². The second kappa shape index (κ2) is 13.6. The van der Waals surface area contributed by atoms with Gasteiger partial charge in [-0.1, -0.05) is 54.6 Å². The average Bonchev–Trinajstić information content (AvgIpc) is 3.56. The van der Waals surface area contributed by atoms with Gasteiger partial charge in [0.2, 0.25) is 5.91 Å². The van der Waals surface area contributed by atoms with Crippen molar-refractivity contribution in [1.82, 2.24) is 20.1 Å². The van der Waals surface area contributed by atoms with Crippen LogP contribution in [-0.2, 0) is 22.6 Å². The number of fused-ring (bicyclic) bond motifs is 2. The third kappa shape index (κ3) is 7.23. The zero-order valence-corrected chi connectivity index (χ0v) is 26.6. The smallest absolute Gasteiger partial charge is 0.403 e. The Labute approximate surface area is 278 Å². The number of amides is 1. The van der Waals surface area contributed by atoms with Crippen LogP contribution in [0.4, 0.5) is 26.3 Å². The van der Waals surface area contributed by atoms with Crippen molar-refractivity contribution in [2.24, 2.45) is 5.41 Å². The van der Waals surface area contributed by atoms with Crippen molar-refractivity contribution in [2.75, 3.05) is 32.7 Å². The van der Waals surface area contributed by atoms with Gasteiger partial charge in [-0.2, -0.15) is 26.3 Å². The van der Waals surface area contributed by atoms with Crippen LogP contribution in [0.5, 0.6) is 0 Å². The first-order valence-corrected chi connectivity index (χ1v) is 16.3. The molecule has 7 nitrogen and oxygen atoms in total. The Morgan fingerprint density at radius 3 is 2.06 bits per heavy atom. The highest BCUT2D eigenvalue weighted by Crippen LogP contribution is 2.47. The van der Waals surface area contributed by atoms with E-state index in [1.54, 1.807) is 30.5 Å². The first-order chi connectivity index (χ1) is 23.3. The Bertz CT molecular complexity index is 1850. The average molecular weight is 687 g/mol. The molecular formula is C36H36F6N4O3. The maximum absolute atomic E-state index is 14.4. The maximum atomic E-state index is 14.4. The van der Waals surface area contributed by atoms with Gasteiger partial charge < -0.3 is 10.4 Å². The minimum Gasteiger partial charge on any atom is -0.480 e. The van der Waals surface area contributed by atoms with E-state index in [0.717, 1.165) is 52.0 Å². The van der Waals surface area contributed by atoms with Crippen LogP contribution in [0.3, 0.4) is 0 Å². The molecule has 6 rings (SSSR count). The molecule has 4 aromatic rings. The summed E-state index contributed by atoms with van der Waals surface area (Å²) in [5, 5.41) is 15.6. The number of nitrogens with zero attached hydrogens (tertiary/aromatic N) is 3. The van der Waals surface area contributed by atoms with E-state index in [0.29, 0.717) is 10.9 Å². The van der Waals surface area contributed by atoms with Gasteiger partial charge in [0.15, 0.2) is 0 Å². The summed E-state index contributed by atoms with van der Waals surface area (Å²) in [5.74, 6) is -3.08. The van der Waals surface area contributed by atoms with Crippen LogP contribution >= 0.6 is 0 Å². The van der Waals surface area contributed by atoms with Gasteiger partial charge in [0.05, 0.1) is 12.2 Å². The molecule has 0 saturated carbocycles. The van der Waals surface area contributed by atoms with Gasteiger partial charge in [0.25, 0.3) is 0 Å². The lowest BCUT2D eigenvalue weighted by Gasteiger charge is -2.42. The summed E-state index contributed by atoms with van der Waals surface area (Å²) in [6, 6.07) is 17.1. The van der Waals surface area contributed by atoms with Crippen molar-refractivity contribution in [2.45, 2.75) is 57.0 Å². The van der Waals surface area contributed by atoms with Crippen LogP contribution in [-0.4, -0.2) is 82.9 Å². The quantitative estimate of drug-likeness (QED) is 0.185. The maximum Gasteiger partial charge on any atom is 0.403 e. The number of halogens is 6. The number of carboxylic acids is 1. The molecule has 49 heavy (non-hydrogen) atoms. The van der Waals surface area contributed by atoms with E-state index in [2.05, 4.69) is 16.3 Å². The molecule has 13 heteroatoms. The van der Waals surface area contributed by atoms with Gasteiger partial charge >= 0.3 is 18.3 Å². The molecule has 2 aliphatic heterocycles. The lowest BCUT2D eigenvalue weighted by atomic mass is 9.76. The van der Waals surface area contributed by atoms with Gasteiger partial charge in [-0.3, -0.25) is 19.6 Å². The van der Waals surface area contributed by atoms with Gasteiger partial charge in [0, 0.05) is 30.1 Å². The number of aromatic nitrogens is 1. The molecule has 3 heterocycles. The highest BCUT2D eigenvalue weighted by Gasteiger charge is 2.61. The monoisotopic (exact) mass is 686 g/mol. The van der Waals surface area contributed by atoms with E-state index in [1.165, 1.54) is 18.4 Å². The van der Waals surface area contributed by atoms with Gasteiger partial charge in [-0.15, -0.1) is 0 Å². The zero-order chi connectivity index (χ0) is 35.0. The molecule has 260 valence electrons. The van der Waals surface area contributed by atoms with Crippen molar-refractivity contribution >= 4 is 33.4 Å². The number of benzene rings is 3. The zero-order valence-electron chi connectivity index (χ0n) is 26.6. The number of pyridine rings is 1. The third-order valence-electron chi connectivity index (χ3n) is 9.87. The van der Waals surface area contributed by atoms with Gasteiger partial charge in [0.1, 0.15) is 11.5 Å². The summed E-state index contributed by atoms with van der Waals surface area (Å²) in [4.78, 5) is 33.6. The lowest BCUT2D eigenvalue weighted by Crippen LogP contribution is -2.59. The fourth-order valence-electron chi connectivity index (χ4n) is 7.27. The summed E-state index contributed by atoms with van der Waals surface area (Å²) < 4.78 is 81.7. The number of hydrogen-bond acceptors (Lipinski definition) is 5. The molecule has 1 amide bonds. The molecular weight excluding hydrogens is 650 g/mol. The number of aliphatic carboxylic acids is 1. The van der Waals surface area contributed by atoms with Crippen molar-refractivity contribution in [1.29, 1.82) is 0 Å². The molecule has 3 aromatic carbocycles. The molecule has 2 saturated heterocycles. The Hall–Kier alpha value is -4.23. The van der Waals surface area contributed by atoms with E-state index in [1.807, 2.05) is 30.3 Å². The second-order valence-corrected chi connectivity index (χ2v) is 13.0. The number of nitrogens with one attached hydrogen (secondary N) is 1. The number of rotatable bonds is 9. The Morgan fingerprint density at radius 2 is 1.41 bits per heavy atom. The molecule has 2 fully saturated rings. The molecule has 0 unspecified atom stereocenters. The number of carboxylic acid groups (broad SMARTS) is 1. The van der Waals surface area contributed by atoms with E-state index in [-0.39, 0.29) is 6.42 Å².